The summed E-state index contributed by atoms with van der Waals surface area (Å²) in [6.07, 6.45) is 5.01. The first-order valence-corrected chi connectivity index (χ1v) is 7.03. The highest BCUT2D eigenvalue weighted by Crippen LogP contribution is 2.53. The molecule has 1 aromatic rings. The highest BCUT2D eigenvalue weighted by atomic mass is 16.5. The maximum Gasteiger partial charge on any atom is 0.160 e. The molecule has 0 unspecified atom stereocenters. The molecule has 1 aromatic carbocycles. The van der Waals surface area contributed by atoms with Crippen molar-refractivity contribution in [1.29, 1.82) is 0 Å². The number of benzene rings is 1. The molecule has 0 aliphatic heterocycles. The average Bonchev–Trinajstić information content (AvgIpc) is 2.40. The van der Waals surface area contributed by atoms with Gasteiger partial charge in [0.05, 0.1) is 6.61 Å². The van der Waals surface area contributed by atoms with E-state index >= 15 is 0 Å². The van der Waals surface area contributed by atoms with Crippen molar-refractivity contribution in [2.24, 2.45) is 0 Å². The van der Waals surface area contributed by atoms with Crippen molar-refractivity contribution in [2.75, 3.05) is 6.61 Å². The minimum atomic E-state index is 0.196. The van der Waals surface area contributed by atoms with Gasteiger partial charge in [0.25, 0.3) is 0 Å². The maximum atomic E-state index is 11.8. The van der Waals surface area contributed by atoms with E-state index in [0.717, 1.165) is 11.3 Å². The molecule has 18 heavy (non-hydrogen) atoms. The van der Waals surface area contributed by atoms with Crippen LogP contribution in [-0.4, -0.2) is 12.4 Å². The fourth-order valence-electron chi connectivity index (χ4n) is 3.74. The van der Waals surface area contributed by atoms with Crippen LogP contribution in [0.25, 0.3) is 0 Å². The minimum Gasteiger partial charge on any atom is -0.494 e. The largest absolute Gasteiger partial charge is 0.494 e. The number of ether oxygens (including phenoxy) is 1. The van der Waals surface area contributed by atoms with E-state index in [2.05, 4.69) is 0 Å². The molecule has 0 spiro atoms. The number of carbonyl (C=O) groups is 1. The zero-order valence-corrected chi connectivity index (χ0v) is 11.2. The molecule has 1 saturated carbocycles. The van der Waals surface area contributed by atoms with E-state index in [1.54, 1.807) is 6.92 Å². The quantitative estimate of drug-likeness (QED) is 0.750. The van der Waals surface area contributed by atoms with Gasteiger partial charge in [0.15, 0.2) is 5.78 Å². The zero-order valence-electron chi connectivity index (χ0n) is 11.2. The van der Waals surface area contributed by atoms with Gasteiger partial charge in [0.1, 0.15) is 5.75 Å². The number of hydrogen-bond acceptors (Lipinski definition) is 2. The molecule has 0 N–H and O–H groups in total. The summed E-state index contributed by atoms with van der Waals surface area (Å²) in [6.45, 7) is 4.40. The van der Waals surface area contributed by atoms with Crippen LogP contribution in [0.15, 0.2) is 12.1 Å². The van der Waals surface area contributed by atoms with E-state index in [1.807, 2.05) is 19.1 Å². The van der Waals surface area contributed by atoms with E-state index in [4.69, 9.17) is 4.74 Å². The summed E-state index contributed by atoms with van der Waals surface area (Å²) in [5.41, 5.74) is 3.60. The van der Waals surface area contributed by atoms with Gasteiger partial charge < -0.3 is 4.74 Å². The lowest BCUT2D eigenvalue weighted by Crippen LogP contribution is -2.25. The van der Waals surface area contributed by atoms with E-state index in [9.17, 15) is 4.79 Å². The second-order valence-corrected chi connectivity index (χ2v) is 5.48. The van der Waals surface area contributed by atoms with Crippen molar-refractivity contribution in [3.63, 3.8) is 0 Å². The molecule has 3 aliphatic carbocycles. The molecule has 2 heteroatoms. The SMILES string of the molecule is CCOc1ccc(C(C)=O)c2c1C1CCC2CC1. The summed E-state index contributed by atoms with van der Waals surface area (Å²) in [5, 5.41) is 0. The smallest absolute Gasteiger partial charge is 0.160 e. The number of hydrogen-bond donors (Lipinski definition) is 0. The second-order valence-electron chi connectivity index (χ2n) is 5.48. The molecule has 3 aliphatic rings. The van der Waals surface area contributed by atoms with Gasteiger partial charge >= 0.3 is 0 Å². The Hall–Kier alpha value is -1.31. The summed E-state index contributed by atoms with van der Waals surface area (Å²) < 4.78 is 5.78. The number of fused-ring (bicyclic) bond motifs is 2. The van der Waals surface area contributed by atoms with Crippen LogP contribution in [0, 0.1) is 0 Å². The molecule has 2 bridgehead atoms. The predicted octanol–water partition coefficient (Wildman–Crippen LogP) is 4.04. The first-order valence-electron chi connectivity index (χ1n) is 7.03. The third-order valence-corrected chi connectivity index (χ3v) is 4.47. The molecule has 96 valence electrons. The van der Waals surface area contributed by atoms with Crippen LogP contribution in [0.5, 0.6) is 5.75 Å². The number of Topliss-reactive ketones (excluding diaryl/α,β-unsaturated/α-hetero) is 1. The van der Waals surface area contributed by atoms with Gasteiger partial charge in [-0.2, -0.15) is 0 Å². The average molecular weight is 244 g/mol. The maximum absolute atomic E-state index is 11.8. The molecular weight excluding hydrogens is 224 g/mol. The van der Waals surface area contributed by atoms with Crippen LogP contribution in [-0.2, 0) is 0 Å². The van der Waals surface area contributed by atoms with Gasteiger partial charge in [-0.3, -0.25) is 4.79 Å². The Balaban J connectivity index is 2.19. The molecule has 0 saturated heterocycles. The molecule has 0 heterocycles. The van der Waals surface area contributed by atoms with E-state index in [1.165, 1.54) is 36.8 Å². The Kier molecular flexibility index (Phi) is 2.89. The van der Waals surface area contributed by atoms with Crippen molar-refractivity contribution in [2.45, 2.75) is 51.4 Å². The van der Waals surface area contributed by atoms with E-state index in [-0.39, 0.29) is 5.78 Å². The van der Waals surface area contributed by atoms with Crippen LogP contribution in [0.3, 0.4) is 0 Å². The van der Waals surface area contributed by atoms with Crippen molar-refractivity contribution in [1.82, 2.24) is 0 Å². The lowest BCUT2D eigenvalue weighted by atomic mass is 9.65. The third-order valence-electron chi connectivity index (χ3n) is 4.47. The predicted molar refractivity (Wildman–Crippen MR) is 71.6 cm³/mol. The number of rotatable bonds is 3. The Labute approximate surface area is 108 Å². The first kappa shape index (κ1) is 11.8. The summed E-state index contributed by atoms with van der Waals surface area (Å²) in [7, 11) is 0. The van der Waals surface area contributed by atoms with Crippen molar-refractivity contribution < 1.29 is 9.53 Å². The molecular formula is C16H20O2. The lowest BCUT2D eigenvalue weighted by Gasteiger charge is -2.40. The van der Waals surface area contributed by atoms with Crippen LogP contribution < -0.4 is 4.74 Å². The topological polar surface area (TPSA) is 26.3 Å². The standard InChI is InChI=1S/C16H20O2/c1-3-18-14-9-8-13(10(2)17)15-11-4-6-12(7-5-11)16(14)15/h8-9,11-12H,3-7H2,1-2H3. The normalized spacial score (nSPS) is 24.8. The second kappa shape index (κ2) is 4.42. The Bertz CT molecular complexity index is 482. The van der Waals surface area contributed by atoms with Crippen LogP contribution in [0.1, 0.15) is 72.9 Å². The lowest BCUT2D eigenvalue weighted by molar-refractivity contribution is 0.101. The third kappa shape index (κ3) is 1.66. The highest BCUT2D eigenvalue weighted by molar-refractivity contribution is 5.96. The first-order chi connectivity index (χ1) is 8.72. The fourth-order valence-corrected chi connectivity index (χ4v) is 3.74. The minimum absolute atomic E-state index is 0.196. The number of carbonyl (C=O) groups excluding carboxylic acids is 1. The van der Waals surface area contributed by atoms with Crippen LogP contribution >= 0.6 is 0 Å². The molecule has 0 radical (unpaired) electrons. The van der Waals surface area contributed by atoms with Gasteiger partial charge in [-0.1, -0.05) is 0 Å². The van der Waals surface area contributed by atoms with Gasteiger partial charge in [-0.25, -0.2) is 0 Å². The van der Waals surface area contributed by atoms with Gasteiger partial charge in [0, 0.05) is 11.1 Å². The summed E-state index contributed by atoms with van der Waals surface area (Å²) in [6, 6.07) is 3.96. The molecule has 0 atom stereocenters. The number of ketones is 1. The van der Waals surface area contributed by atoms with Gasteiger partial charge in [-0.05, 0) is 69.1 Å². The molecule has 4 rings (SSSR count). The van der Waals surface area contributed by atoms with Crippen molar-refractivity contribution >= 4 is 5.78 Å². The van der Waals surface area contributed by atoms with Gasteiger partial charge in [-0.15, -0.1) is 0 Å². The Morgan fingerprint density at radius 2 is 1.78 bits per heavy atom. The Morgan fingerprint density at radius 1 is 1.17 bits per heavy atom. The van der Waals surface area contributed by atoms with Crippen molar-refractivity contribution in [3.8, 4) is 5.75 Å². The van der Waals surface area contributed by atoms with Crippen molar-refractivity contribution in [3.05, 3.63) is 28.8 Å². The fraction of sp³-hybridized carbons (Fsp3) is 0.562. The Morgan fingerprint density at radius 3 is 2.33 bits per heavy atom. The molecule has 1 fully saturated rings. The zero-order chi connectivity index (χ0) is 12.7. The summed E-state index contributed by atoms with van der Waals surface area (Å²) in [4.78, 5) is 11.8. The monoisotopic (exact) mass is 244 g/mol. The summed E-state index contributed by atoms with van der Waals surface area (Å²) in [5.74, 6) is 2.42. The summed E-state index contributed by atoms with van der Waals surface area (Å²) >= 11 is 0. The van der Waals surface area contributed by atoms with E-state index < -0.39 is 0 Å². The molecule has 0 amide bonds. The van der Waals surface area contributed by atoms with Crippen LogP contribution in [0.4, 0.5) is 0 Å². The molecule has 0 aromatic heterocycles. The van der Waals surface area contributed by atoms with Gasteiger partial charge in [0.2, 0.25) is 0 Å². The highest BCUT2D eigenvalue weighted by Gasteiger charge is 2.37. The van der Waals surface area contributed by atoms with Crippen LogP contribution in [0.2, 0.25) is 0 Å². The molecule has 2 nitrogen and oxygen atoms in total. The van der Waals surface area contributed by atoms with E-state index in [0.29, 0.717) is 18.4 Å².